The molecular weight excluding hydrogens is 246 g/mol. The molecule has 0 saturated heterocycles. The standard InChI is InChI=1S/C17H27N3/c1-13-6-5-7-14(11-10-13)20-17-15-8-3-2-4-9-16(15)18-12-19-17/h12-14H,2-11H2,1H3,(H,18,19,20). The summed E-state index contributed by atoms with van der Waals surface area (Å²) in [6, 6.07) is 0.613. The van der Waals surface area contributed by atoms with Gasteiger partial charge >= 0.3 is 0 Å². The summed E-state index contributed by atoms with van der Waals surface area (Å²) in [5.74, 6) is 2.03. The van der Waals surface area contributed by atoms with Crippen LogP contribution in [0.5, 0.6) is 0 Å². The lowest BCUT2D eigenvalue weighted by Crippen LogP contribution is -2.21. The molecule has 0 spiro atoms. The van der Waals surface area contributed by atoms with Crippen LogP contribution in [0.15, 0.2) is 6.33 Å². The number of nitrogens with one attached hydrogen (secondary N) is 1. The van der Waals surface area contributed by atoms with E-state index in [2.05, 4.69) is 22.2 Å². The first-order valence-corrected chi connectivity index (χ1v) is 8.42. The van der Waals surface area contributed by atoms with Crippen LogP contribution in [-0.2, 0) is 12.8 Å². The molecule has 0 aliphatic heterocycles. The maximum atomic E-state index is 4.56. The summed E-state index contributed by atoms with van der Waals surface area (Å²) in [7, 11) is 0. The Morgan fingerprint density at radius 3 is 2.80 bits per heavy atom. The van der Waals surface area contributed by atoms with E-state index in [1.807, 2.05) is 0 Å². The third-order valence-electron chi connectivity index (χ3n) is 4.97. The lowest BCUT2D eigenvalue weighted by Gasteiger charge is -2.20. The number of hydrogen-bond acceptors (Lipinski definition) is 3. The number of rotatable bonds is 2. The summed E-state index contributed by atoms with van der Waals surface area (Å²) in [4.78, 5) is 9.07. The van der Waals surface area contributed by atoms with Crippen LogP contribution >= 0.6 is 0 Å². The van der Waals surface area contributed by atoms with Crippen molar-refractivity contribution in [2.24, 2.45) is 5.92 Å². The first kappa shape index (κ1) is 13.8. The molecule has 110 valence electrons. The minimum Gasteiger partial charge on any atom is -0.367 e. The molecule has 1 fully saturated rings. The second-order valence-corrected chi connectivity index (χ2v) is 6.66. The first-order valence-electron chi connectivity index (χ1n) is 8.42. The fourth-order valence-corrected chi connectivity index (χ4v) is 3.65. The van der Waals surface area contributed by atoms with Crippen LogP contribution in [0.4, 0.5) is 5.82 Å². The van der Waals surface area contributed by atoms with Gasteiger partial charge in [-0.3, -0.25) is 0 Å². The molecule has 2 unspecified atom stereocenters. The molecular formula is C17H27N3. The fourth-order valence-electron chi connectivity index (χ4n) is 3.65. The molecule has 2 aliphatic carbocycles. The van der Waals surface area contributed by atoms with Crippen LogP contribution in [0.25, 0.3) is 0 Å². The number of aryl methyl sites for hydroxylation is 1. The zero-order valence-corrected chi connectivity index (χ0v) is 12.7. The Labute approximate surface area is 122 Å². The van der Waals surface area contributed by atoms with E-state index >= 15 is 0 Å². The van der Waals surface area contributed by atoms with Crippen LogP contribution in [0, 0.1) is 5.92 Å². The average molecular weight is 273 g/mol. The van der Waals surface area contributed by atoms with Gasteiger partial charge in [-0.1, -0.05) is 26.2 Å². The van der Waals surface area contributed by atoms with Gasteiger partial charge in [0.05, 0.1) is 0 Å². The maximum absolute atomic E-state index is 4.56. The largest absolute Gasteiger partial charge is 0.367 e. The summed E-state index contributed by atoms with van der Waals surface area (Å²) in [6.45, 7) is 2.39. The Bertz CT molecular complexity index is 444. The maximum Gasteiger partial charge on any atom is 0.133 e. The monoisotopic (exact) mass is 273 g/mol. The zero-order chi connectivity index (χ0) is 13.8. The second-order valence-electron chi connectivity index (χ2n) is 6.66. The van der Waals surface area contributed by atoms with E-state index in [0.29, 0.717) is 6.04 Å². The Morgan fingerprint density at radius 1 is 0.950 bits per heavy atom. The summed E-state index contributed by atoms with van der Waals surface area (Å²) in [5, 5.41) is 3.75. The lowest BCUT2D eigenvalue weighted by molar-refractivity contribution is 0.501. The molecule has 3 rings (SSSR count). The van der Waals surface area contributed by atoms with Crippen molar-refractivity contribution in [2.45, 2.75) is 77.2 Å². The quantitative estimate of drug-likeness (QED) is 0.650. The van der Waals surface area contributed by atoms with Gasteiger partial charge in [0.2, 0.25) is 0 Å². The fraction of sp³-hybridized carbons (Fsp3) is 0.765. The van der Waals surface area contributed by atoms with E-state index in [-0.39, 0.29) is 0 Å². The third-order valence-corrected chi connectivity index (χ3v) is 4.97. The molecule has 3 nitrogen and oxygen atoms in total. The van der Waals surface area contributed by atoms with Crippen molar-refractivity contribution in [3.63, 3.8) is 0 Å². The Balaban J connectivity index is 1.73. The minimum atomic E-state index is 0.613. The van der Waals surface area contributed by atoms with Crippen LogP contribution in [0.2, 0.25) is 0 Å². The predicted octanol–water partition coefficient (Wildman–Crippen LogP) is 4.13. The van der Waals surface area contributed by atoms with Gasteiger partial charge in [-0.2, -0.15) is 0 Å². The van der Waals surface area contributed by atoms with Gasteiger partial charge < -0.3 is 5.32 Å². The highest BCUT2D eigenvalue weighted by molar-refractivity contribution is 5.47. The van der Waals surface area contributed by atoms with Crippen molar-refractivity contribution in [3.05, 3.63) is 17.6 Å². The Kier molecular flexibility index (Phi) is 4.54. The van der Waals surface area contributed by atoms with Crippen LogP contribution < -0.4 is 5.32 Å². The molecule has 20 heavy (non-hydrogen) atoms. The van der Waals surface area contributed by atoms with E-state index in [1.54, 1.807) is 6.33 Å². The highest BCUT2D eigenvalue weighted by Gasteiger charge is 2.19. The van der Waals surface area contributed by atoms with Crippen LogP contribution in [0.3, 0.4) is 0 Å². The van der Waals surface area contributed by atoms with Gasteiger partial charge in [0.25, 0.3) is 0 Å². The van der Waals surface area contributed by atoms with Crippen LogP contribution in [0.1, 0.15) is 69.5 Å². The van der Waals surface area contributed by atoms with Crippen molar-refractivity contribution in [3.8, 4) is 0 Å². The van der Waals surface area contributed by atoms with E-state index in [4.69, 9.17) is 0 Å². The second kappa shape index (κ2) is 6.55. The van der Waals surface area contributed by atoms with Crippen molar-refractivity contribution in [1.29, 1.82) is 0 Å². The molecule has 1 aromatic heterocycles. The lowest BCUT2D eigenvalue weighted by atomic mass is 10.0. The van der Waals surface area contributed by atoms with E-state index < -0.39 is 0 Å². The summed E-state index contributed by atoms with van der Waals surface area (Å²) in [5.41, 5.74) is 2.70. The normalized spacial score (nSPS) is 27.2. The number of aromatic nitrogens is 2. The Morgan fingerprint density at radius 2 is 1.85 bits per heavy atom. The molecule has 1 aromatic rings. The molecule has 3 heteroatoms. The number of fused-ring (bicyclic) bond motifs is 1. The first-order chi connectivity index (χ1) is 9.83. The molecule has 2 atom stereocenters. The third kappa shape index (κ3) is 3.31. The van der Waals surface area contributed by atoms with Gasteiger partial charge in [0.1, 0.15) is 12.1 Å². The van der Waals surface area contributed by atoms with E-state index in [0.717, 1.165) is 24.6 Å². The molecule has 1 N–H and O–H groups in total. The van der Waals surface area contributed by atoms with Gasteiger partial charge in [-0.05, 0) is 50.9 Å². The van der Waals surface area contributed by atoms with Crippen molar-refractivity contribution in [1.82, 2.24) is 9.97 Å². The topological polar surface area (TPSA) is 37.8 Å². The molecule has 0 amide bonds. The molecule has 0 bridgehead atoms. The van der Waals surface area contributed by atoms with Crippen molar-refractivity contribution >= 4 is 5.82 Å². The van der Waals surface area contributed by atoms with Crippen molar-refractivity contribution in [2.75, 3.05) is 5.32 Å². The summed E-state index contributed by atoms with van der Waals surface area (Å²) in [6.07, 6.45) is 14.6. The molecule has 1 heterocycles. The zero-order valence-electron chi connectivity index (χ0n) is 12.7. The van der Waals surface area contributed by atoms with E-state index in [1.165, 1.54) is 62.6 Å². The minimum absolute atomic E-state index is 0.613. The van der Waals surface area contributed by atoms with E-state index in [9.17, 15) is 0 Å². The smallest absolute Gasteiger partial charge is 0.133 e. The van der Waals surface area contributed by atoms with Crippen LogP contribution in [-0.4, -0.2) is 16.0 Å². The SMILES string of the molecule is CC1CCCC(Nc2ncnc3c2CCCCC3)CC1. The van der Waals surface area contributed by atoms with Crippen molar-refractivity contribution < 1.29 is 0 Å². The molecule has 2 aliphatic rings. The van der Waals surface area contributed by atoms with Gasteiger partial charge in [-0.25, -0.2) is 9.97 Å². The number of hydrogen-bond donors (Lipinski definition) is 1. The highest BCUT2D eigenvalue weighted by Crippen LogP contribution is 2.28. The summed E-state index contributed by atoms with van der Waals surface area (Å²) < 4.78 is 0. The summed E-state index contributed by atoms with van der Waals surface area (Å²) >= 11 is 0. The highest BCUT2D eigenvalue weighted by atomic mass is 15.0. The molecule has 0 aromatic carbocycles. The number of anilines is 1. The number of nitrogens with zero attached hydrogens (tertiary/aromatic N) is 2. The predicted molar refractivity (Wildman–Crippen MR) is 83.0 cm³/mol. The molecule has 1 saturated carbocycles. The van der Waals surface area contributed by atoms with Gasteiger partial charge in [0, 0.05) is 17.3 Å². The Hall–Kier alpha value is -1.12. The van der Waals surface area contributed by atoms with Gasteiger partial charge in [0.15, 0.2) is 0 Å². The molecule has 0 radical (unpaired) electrons. The van der Waals surface area contributed by atoms with Gasteiger partial charge in [-0.15, -0.1) is 0 Å². The average Bonchev–Trinajstić information content (AvgIpc) is 2.80.